The van der Waals surface area contributed by atoms with Crippen molar-refractivity contribution in [3.05, 3.63) is 63.5 Å². The summed E-state index contributed by atoms with van der Waals surface area (Å²) in [5, 5.41) is 14.8. The summed E-state index contributed by atoms with van der Waals surface area (Å²) in [6, 6.07) is 12.1. The van der Waals surface area contributed by atoms with Gasteiger partial charge in [-0.1, -0.05) is 41.4 Å². The first-order valence-corrected chi connectivity index (χ1v) is 14.5. The Bertz CT molecular complexity index is 1280. The predicted molar refractivity (Wildman–Crippen MR) is 154 cm³/mol. The highest BCUT2D eigenvalue weighted by Gasteiger charge is 2.28. The van der Waals surface area contributed by atoms with Crippen molar-refractivity contribution in [2.75, 3.05) is 25.0 Å². The van der Waals surface area contributed by atoms with Gasteiger partial charge in [-0.3, -0.25) is 18.8 Å². The van der Waals surface area contributed by atoms with E-state index in [0.717, 1.165) is 53.6 Å². The van der Waals surface area contributed by atoms with Crippen LogP contribution in [0.2, 0.25) is 10.0 Å². The molecule has 0 bridgehead atoms. The van der Waals surface area contributed by atoms with Gasteiger partial charge in [0.15, 0.2) is 4.34 Å². The number of halogens is 2. The van der Waals surface area contributed by atoms with Crippen LogP contribution in [-0.2, 0) is 16.1 Å². The first kappa shape index (κ1) is 28.8. The summed E-state index contributed by atoms with van der Waals surface area (Å²) in [7, 11) is 0. The Morgan fingerprint density at radius 2 is 2.00 bits per heavy atom. The lowest BCUT2D eigenvalue weighted by atomic mass is 10.0. The van der Waals surface area contributed by atoms with Crippen molar-refractivity contribution in [3.8, 4) is 11.3 Å². The molecule has 0 aliphatic carbocycles. The highest BCUT2D eigenvalue weighted by Crippen LogP contribution is 2.34. The minimum atomic E-state index is -0.985. The third-order valence-electron chi connectivity index (χ3n) is 6.21. The van der Waals surface area contributed by atoms with E-state index < -0.39 is 18.6 Å². The number of aliphatic hydroxyl groups excluding tert-OH is 1. The van der Waals surface area contributed by atoms with Crippen LogP contribution in [0.5, 0.6) is 0 Å². The van der Waals surface area contributed by atoms with E-state index in [0.29, 0.717) is 15.7 Å². The molecule has 0 spiro atoms. The molecule has 1 aliphatic heterocycles. The number of piperidine rings is 1. The van der Waals surface area contributed by atoms with Crippen LogP contribution in [-0.4, -0.2) is 62.9 Å². The molecule has 4 rings (SSSR count). The van der Waals surface area contributed by atoms with Gasteiger partial charge in [-0.15, -0.1) is 11.3 Å². The van der Waals surface area contributed by atoms with Crippen LogP contribution in [0.4, 0.5) is 5.69 Å². The molecule has 12 heteroatoms. The maximum atomic E-state index is 12.6. The van der Waals surface area contributed by atoms with Gasteiger partial charge in [-0.05, 0) is 42.7 Å². The van der Waals surface area contributed by atoms with Gasteiger partial charge in [0.2, 0.25) is 11.8 Å². The molecule has 38 heavy (non-hydrogen) atoms. The number of rotatable bonds is 9. The quantitative estimate of drug-likeness (QED) is 0.303. The van der Waals surface area contributed by atoms with E-state index in [1.807, 2.05) is 40.0 Å². The number of thiazole rings is 1. The number of amides is 2. The van der Waals surface area contributed by atoms with E-state index in [9.17, 15) is 9.59 Å². The van der Waals surface area contributed by atoms with Gasteiger partial charge < -0.3 is 16.2 Å². The fourth-order valence-corrected chi connectivity index (χ4v) is 6.42. The zero-order valence-corrected chi connectivity index (χ0v) is 23.9. The lowest BCUT2D eigenvalue weighted by Gasteiger charge is -2.37. The number of anilines is 1. The van der Waals surface area contributed by atoms with E-state index in [2.05, 4.69) is 10.2 Å². The number of nitrogens with zero attached hydrogens (tertiary/aromatic N) is 3. The van der Waals surface area contributed by atoms with Crippen LogP contribution in [0.1, 0.15) is 25.3 Å². The summed E-state index contributed by atoms with van der Waals surface area (Å²) in [5.41, 5.74) is 8.84. The third-order valence-corrected chi connectivity index (χ3v) is 9.09. The summed E-state index contributed by atoms with van der Waals surface area (Å²) in [6.45, 7) is 3.69. The second-order valence-corrected chi connectivity index (χ2v) is 11.9. The average Bonchev–Trinajstić information content (AvgIpc) is 3.38. The summed E-state index contributed by atoms with van der Waals surface area (Å²) >= 11 is 15.0. The van der Waals surface area contributed by atoms with E-state index in [1.165, 1.54) is 23.3 Å². The number of likely N-dealkylation sites (tertiary alicyclic amines) is 1. The predicted octanol–water partition coefficient (Wildman–Crippen LogP) is 4.90. The van der Waals surface area contributed by atoms with Crippen molar-refractivity contribution in [3.63, 3.8) is 0 Å². The largest absolute Gasteiger partial charge is 0.394 e. The molecule has 0 unspecified atom stereocenters. The van der Waals surface area contributed by atoms with Gasteiger partial charge in [0.25, 0.3) is 0 Å². The Hall–Kier alpha value is -2.18. The molecule has 0 saturated carbocycles. The van der Waals surface area contributed by atoms with Crippen molar-refractivity contribution in [1.29, 1.82) is 0 Å². The first-order valence-electron chi connectivity index (χ1n) is 12.1. The molecule has 2 heterocycles. The standard InChI is InChI=1S/C26H29Cl2N5O3S2/c1-16(35)33(20-7-9-32(10-8-20)13-17-5-6-21(27)22(28)11-17)38-26-31-24(15-37-26)18-3-2-4-19(12-18)30-25(36)23(29)14-34/h2-6,11-12,15,20,23,34H,7-10,13-14,29H2,1H3,(H,30,36)/t23-/m0/s1. The van der Waals surface area contributed by atoms with Crippen molar-refractivity contribution >= 4 is 64.0 Å². The van der Waals surface area contributed by atoms with Crippen LogP contribution >= 0.6 is 46.5 Å². The molecule has 202 valence electrons. The topological polar surface area (TPSA) is 112 Å². The molecule has 3 aromatic rings. The molecule has 1 fully saturated rings. The summed E-state index contributed by atoms with van der Waals surface area (Å²) in [5.74, 6) is -0.459. The van der Waals surface area contributed by atoms with Crippen LogP contribution in [0.15, 0.2) is 52.2 Å². The van der Waals surface area contributed by atoms with Crippen molar-refractivity contribution < 1.29 is 14.7 Å². The number of carbonyl (C=O) groups is 2. The van der Waals surface area contributed by atoms with Crippen LogP contribution < -0.4 is 11.1 Å². The van der Waals surface area contributed by atoms with Crippen LogP contribution in [0.3, 0.4) is 0 Å². The molecule has 4 N–H and O–H groups in total. The molecule has 1 saturated heterocycles. The average molecular weight is 595 g/mol. The Labute approximate surface area is 240 Å². The molecule has 2 amide bonds. The number of nitrogens with one attached hydrogen (secondary N) is 1. The fraction of sp³-hybridized carbons (Fsp3) is 0.346. The SMILES string of the molecule is CC(=O)N(Sc1nc(-c2cccc(NC(=O)[C@@H](N)CO)c2)cs1)C1CCN(Cc2ccc(Cl)c(Cl)c2)CC1. The second kappa shape index (κ2) is 13.3. The van der Waals surface area contributed by atoms with E-state index in [-0.39, 0.29) is 11.9 Å². The third kappa shape index (κ3) is 7.47. The van der Waals surface area contributed by atoms with Crippen LogP contribution in [0.25, 0.3) is 11.3 Å². The molecular formula is C26H29Cl2N5O3S2. The smallest absolute Gasteiger partial charge is 0.243 e. The molecular weight excluding hydrogens is 565 g/mol. The van der Waals surface area contributed by atoms with Crippen LogP contribution in [0, 0.1) is 0 Å². The Kier molecular flexibility index (Phi) is 10.1. The number of hydrogen-bond acceptors (Lipinski definition) is 8. The maximum Gasteiger partial charge on any atom is 0.243 e. The van der Waals surface area contributed by atoms with E-state index >= 15 is 0 Å². The van der Waals surface area contributed by atoms with Gasteiger partial charge in [-0.25, -0.2) is 4.98 Å². The molecule has 0 radical (unpaired) electrons. The number of nitrogens with two attached hydrogens (primary N) is 1. The lowest BCUT2D eigenvalue weighted by molar-refractivity contribution is -0.126. The Morgan fingerprint density at radius 1 is 1.24 bits per heavy atom. The summed E-state index contributed by atoms with van der Waals surface area (Å²) in [4.78, 5) is 31.7. The Balaban J connectivity index is 1.36. The highest BCUT2D eigenvalue weighted by molar-refractivity contribution is 7.99. The number of benzene rings is 2. The summed E-state index contributed by atoms with van der Waals surface area (Å²) < 4.78 is 2.61. The van der Waals surface area contributed by atoms with E-state index in [4.69, 9.17) is 39.0 Å². The molecule has 1 aliphatic rings. The number of carbonyl (C=O) groups excluding carboxylic acids is 2. The monoisotopic (exact) mass is 593 g/mol. The minimum absolute atomic E-state index is 0.000357. The van der Waals surface area contributed by atoms with Gasteiger partial charge in [0.05, 0.1) is 22.3 Å². The van der Waals surface area contributed by atoms with Gasteiger partial charge in [0, 0.05) is 61.2 Å². The first-order chi connectivity index (χ1) is 18.2. The number of aromatic nitrogens is 1. The number of aliphatic hydroxyl groups is 1. The second-order valence-electron chi connectivity index (χ2n) is 9.05. The van der Waals surface area contributed by atoms with Gasteiger partial charge in [0.1, 0.15) is 6.04 Å². The van der Waals surface area contributed by atoms with E-state index in [1.54, 1.807) is 19.1 Å². The maximum absolute atomic E-state index is 12.6. The zero-order valence-electron chi connectivity index (χ0n) is 20.8. The highest BCUT2D eigenvalue weighted by atomic mass is 35.5. The lowest BCUT2D eigenvalue weighted by Crippen LogP contribution is -2.43. The van der Waals surface area contributed by atoms with Gasteiger partial charge in [-0.2, -0.15) is 0 Å². The van der Waals surface area contributed by atoms with Crippen molar-refractivity contribution in [2.24, 2.45) is 5.73 Å². The molecule has 8 nitrogen and oxygen atoms in total. The molecule has 1 aromatic heterocycles. The molecule has 1 atom stereocenters. The molecule has 2 aromatic carbocycles. The van der Waals surface area contributed by atoms with Gasteiger partial charge >= 0.3 is 0 Å². The van der Waals surface area contributed by atoms with Crippen molar-refractivity contribution in [1.82, 2.24) is 14.2 Å². The minimum Gasteiger partial charge on any atom is -0.394 e. The van der Waals surface area contributed by atoms with Crippen molar-refractivity contribution in [2.45, 2.75) is 42.7 Å². The normalized spacial score (nSPS) is 15.3. The summed E-state index contributed by atoms with van der Waals surface area (Å²) in [6.07, 6.45) is 1.73. The fourth-order valence-electron chi connectivity index (χ4n) is 4.19. The number of hydrogen-bond donors (Lipinski definition) is 3. The zero-order chi connectivity index (χ0) is 27.2. The Morgan fingerprint density at radius 3 is 2.68 bits per heavy atom.